The van der Waals surface area contributed by atoms with E-state index in [0.29, 0.717) is 29.3 Å². The number of hydrogen-bond donors (Lipinski definition) is 1. The summed E-state index contributed by atoms with van der Waals surface area (Å²) in [5.41, 5.74) is 2.81. The molecule has 1 aromatic rings. The van der Waals surface area contributed by atoms with Crippen LogP contribution in [-0.4, -0.2) is 27.6 Å². The van der Waals surface area contributed by atoms with E-state index in [9.17, 15) is 4.79 Å². The summed E-state index contributed by atoms with van der Waals surface area (Å²) in [5.74, 6) is 2.17. The van der Waals surface area contributed by atoms with E-state index in [-0.39, 0.29) is 11.9 Å². The minimum atomic E-state index is -0.0815. The number of nitrogens with one attached hydrogen (secondary N) is 1. The molecule has 0 bridgehead atoms. The summed E-state index contributed by atoms with van der Waals surface area (Å²) in [5, 5.41) is 7.69. The fraction of sp³-hybridized carbons (Fsp3) is 0.526. The first-order valence-electron chi connectivity index (χ1n) is 8.72. The van der Waals surface area contributed by atoms with Gasteiger partial charge >= 0.3 is 0 Å². The molecule has 1 amide bonds. The number of carbonyl (C=O) groups excluding carboxylic acids is 1. The van der Waals surface area contributed by atoms with E-state index >= 15 is 0 Å². The number of fused-ring (bicyclic) bond motifs is 3. The first-order chi connectivity index (χ1) is 11.5. The van der Waals surface area contributed by atoms with Crippen LogP contribution in [0.2, 0.25) is 0 Å². The van der Waals surface area contributed by atoms with E-state index in [1.54, 1.807) is 12.3 Å². The fourth-order valence-electron chi connectivity index (χ4n) is 3.26. The topological polar surface area (TPSA) is 59.3 Å². The van der Waals surface area contributed by atoms with Gasteiger partial charge in [0.05, 0.1) is 5.69 Å². The zero-order valence-electron chi connectivity index (χ0n) is 14.9. The van der Waals surface area contributed by atoms with Gasteiger partial charge in [0.2, 0.25) is 0 Å². The van der Waals surface area contributed by atoms with E-state index in [1.807, 2.05) is 24.6 Å². The summed E-state index contributed by atoms with van der Waals surface area (Å²) in [7, 11) is 0. The lowest BCUT2D eigenvalue weighted by molar-refractivity contribution is 0.0924. The highest BCUT2D eigenvalue weighted by Gasteiger charge is 2.50. The van der Waals surface area contributed by atoms with Crippen molar-refractivity contribution in [3.63, 3.8) is 0 Å². The van der Waals surface area contributed by atoms with Gasteiger partial charge in [-0.3, -0.25) is 4.79 Å². The van der Waals surface area contributed by atoms with Gasteiger partial charge in [-0.05, 0) is 44.6 Å². The lowest BCUT2D eigenvalue weighted by Crippen LogP contribution is -2.36. The molecule has 1 aromatic heterocycles. The van der Waals surface area contributed by atoms with Gasteiger partial charge in [0.25, 0.3) is 5.91 Å². The molecule has 5 heteroatoms. The molecular formula is C19H26N4O. The molecule has 3 atom stereocenters. The Morgan fingerprint density at radius 3 is 2.83 bits per heavy atom. The van der Waals surface area contributed by atoms with Crippen molar-refractivity contribution < 1.29 is 4.79 Å². The molecule has 5 nitrogen and oxygen atoms in total. The Labute approximate surface area is 143 Å². The molecule has 24 heavy (non-hydrogen) atoms. The van der Waals surface area contributed by atoms with E-state index < -0.39 is 0 Å². The summed E-state index contributed by atoms with van der Waals surface area (Å²) >= 11 is 0. The van der Waals surface area contributed by atoms with E-state index in [1.165, 1.54) is 6.42 Å². The van der Waals surface area contributed by atoms with E-state index in [0.717, 1.165) is 17.7 Å². The van der Waals surface area contributed by atoms with Crippen molar-refractivity contribution in [3.05, 3.63) is 41.9 Å². The van der Waals surface area contributed by atoms with Crippen molar-refractivity contribution in [3.8, 4) is 0 Å². The Hall–Kier alpha value is -2.17. The van der Waals surface area contributed by atoms with Crippen molar-refractivity contribution in [1.29, 1.82) is 0 Å². The number of amides is 1. The normalized spacial score (nSPS) is 23.3. The van der Waals surface area contributed by atoms with Crippen LogP contribution in [0.25, 0.3) is 0 Å². The fourth-order valence-corrected chi connectivity index (χ4v) is 3.26. The Bertz CT molecular complexity index is 726. The van der Waals surface area contributed by atoms with E-state index in [4.69, 9.17) is 0 Å². The first-order valence-corrected chi connectivity index (χ1v) is 8.72. The highest BCUT2D eigenvalue weighted by Crippen LogP contribution is 2.56. The number of allylic oxidation sites excluding steroid dienone is 2. The number of hydrogen-bond acceptors (Lipinski definition) is 3. The molecule has 0 unspecified atom stereocenters. The number of nitrogens with zero attached hydrogens (tertiary/aromatic N) is 3. The van der Waals surface area contributed by atoms with Crippen LogP contribution < -0.4 is 5.32 Å². The van der Waals surface area contributed by atoms with Gasteiger partial charge in [-0.25, -0.2) is 9.67 Å². The zero-order chi connectivity index (χ0) is 17.4. The van der Waals surface area contributed by atoms with Crippen molar-refractivity contribution in [1.82, 2.24) is 15.1 Å². The highest BCUT2D eigenvalue weighted by atomic mass is 16.2. The summed E-state index contributed by atoms with van der Waals surface area (Å²) in [4.78, 5) is 17.1. The molecule has 128 valence electrons. The molecule has 1 heterocycles. The van der Waals surface area contributed by atoms with Gasteiger partial charge in [0.15, 0.2) is 11.5 Å². The largest absolute Gasteiger partial charge is 0.348 e. The van der Waals surface area contributed by atoms with Gasteiger partial charge in [0.1, 0.15) is 0 Å². The Kier molecular flexibility index (Phi) is 4.43. The lowest BCUT2D eigenvalue weighted by Gasteiger charge is -2.16. The summed E-state index contributed by atoms with van der Waals surface area (Å²) in [6.45, 7) is 12.0. The minimum Gasteiger partial charge on any atom is -0.348 e. The lowest BCUT2D eigenvalue weighted by atomic mass is 10.1. The van der Waals surface area contributed by atoms with Gasteiger partial charge in [-0.15, -0.1) is 0 Å². The SMILES string of the molecule is C=CC(=N/C=C\C)n1nc(C(=O)N[C@H](C)C(C)C)c2c1[C@H]1C[C@H]1C2. The molecule has 0 spiro atoms. The predicted molar refractivity (Wildman–Crippen MR) is 96.4 cm³/mol. The van der Waals surface area contributed by atoms with Crippen LogP contribution in [0.3, 0.4) is 0 Å². The monoisotopic (exact) mass is 326 g/mol. The van der Waals surface area contributed by atoms with Crippen LogP contribution in [0, 0.1) is 11.8 Å². The standard InChI is InChI=1S/C19H26N4O/c1-6-8-20-16(7-2)23-18-14-9-13(14)10-15(18)17(22-23)19(24)21-12(5)11(3)4/h6-8,11-14H,2,9-10H2,1,3-5H3,(H,21,24)/b8-6-,20-16?/t12-,13+,14+/m1/s1. The highest BCUT2D eigenvalue weighted by molar-refractivity contribution is 5.98. The summed E-state index contributed by atoms with van der Waals surface area (Å²) in [6.07, 6.45) is 7.43. The molecule has 2 aliphatic carbocycles. The van der Waals surface area contributed by atoms with Gasteiger partial charge in [-0.1, -0.05) is 26.5 Å². The van der Waals surface area contributed by atoms with Crippen LogP contribution in [0.15, 0.2) is 29.9 Å². The quantitative estimate of drug-likeness (QED) is 0.667. The van der Waals surface area contributed by atoms with Crippen molar-refractivity contribution in [2.45, 2.75) is 52.5 Å². The average Bonchev–Trinajstić information content (AvgIpc) is 3.05. The molecule has 0 aliphatic heterocycles. The second-order valence-electron chi connectivity index (χ2n) is 7.11. The van der Waals surface area contributed by atoms with Crippen LogP contribution in [0.4, 0.5) is 0 Å². The number of carbonyl (C=O) groups is 1. The molecule has 3 rings (SSSR count). The minimum absolute atomic E-state index is 0.0815. The summed E-state index contributed by atoms with van der Waals surface area (Å²) < 4.78 is 1.83. The van der Waals surface area contributed by atoms with Crippen molar-refractivity contribution in [2.75, 3.05) is 0 Å². The van der Waals surface area contributed by atoms with Crippen LogP contribution in [0.5, 0.6) is 0 Å². The molecule has 0 saturated heterocycles. The molecule has 0 aromatic carbocycles. The third kappa shape index (κ3) is 2.83. The van der Waals surface area contributed by atoms with Crippen LogP contribution in [0.1, 0.15) is 61.8 Å². The molecular weight excluding hydrogens is 300 g/mol. The second-order valence-corrected chi connectivity index (χ2v) is 7.11. The maximum Gasteiger partial charge on any atom is 0.272 e. The summed E-state index contributed by atoms with van der Waals surface area (Å²) in [6, 6.07) is 0.116. The molecule has 1 fully saturated rings. The molecule has 1 N–H and O–H groups in total. The number of rotatable bonds is 5. The third-order valence-electron chi connectivity index (χ3n) is 5.09. The average molecular weight is 326 g/mol. The van der Waals surface area contributed by atoms with Gasteiger partial charge in [0, 0.05) is 23.7 Å². The van der Waals surface area contributed by atoms with Gasteiger partial charge < -0.3 is 5.32 Å². The molecule has 2 aliphatic rings. The second kappa shape index (κ2) is 6.38. The van der Waals surface area contributed by atoms with Crippen molar-refractivity contribution >= 4 is 11.7 Å². The Balaban J connectivity index is 1.98. The van der Waals surface area contributed by atoms with Crippen LogP contribution in [-0.2, 0) is 6.42 Å². The number of aliphatic imine (C=N–C) groups is 1. The predicted octanol–water partition coefficient (Wildman–Crippen LogP) is 3.28. The maximum atomic E-state index is 12.7. The zero-order valence-corrected chi connectivity index (χ0v) is 14.9. The molecule has 0 radical (unpaired) electrons. The first kappa shape index (κ1) is 16.7. The Morgan fingerprint density at radius 1 is 1.46 bits per heavy atom. The third-order valence-corrected chi connectivity index (χ3v) is 5.09. The molecule has 1 saturated carbocycles. The van der Waals surface area contributed by atoms with Crippen molar-refractivity contribution in [2.24, 2.45) is 16.8 Å². The van der Waals surface area contributed by atoms with E-state index in [2.05, 4.69) is 35.8 Å². The smallest absolute Gasteiger partial charge is 0.272 e. The Morgan fingerprint density at radius 2 is 2.21 bits per heavy atom. The van der Waals surface area contributed by atoms with Gasteiger partial charge in [-0.2, -0.15) is 5.10 Å². The van der Waals surface area contributed by atoms with Crippen LogP contribution >= 0.6 is 0 Å². The number of aromatic nitrogens is 2. The maximum absolute atomic E-state index is 12.7.